The van der Waals surface area contributed by atoms with Gasteiger partial charge in [-0.25, -0.2) is 9.52 Å². The van der Waals surface area contributed by atoms with Gasteiger partial charge in [0.25, 0.3) is 10.0 Å². The van der Waals surface area contributed by atoms with Crippen LogP contribution in [-0.2, 0) is 30.0 Å². The molecule has 2 aromatic heterocycles. The number of hydrogen-bond donors (Lipinski definition) is 2. The Kier molecular flexibility index (Phi) is 7.01. The van der Waals surface area contributed by atoms with Crippen molar-refractivity contribution in [2.45, 2.75) is 37.8 Å². The van der Waals surface area contributed by atoms with E-state index in [1.165, 1.54) is 17.8 Å². The van der Waals surface area contributed by atoms with E-state index in [1.807, 2.05) is 27.7 Å². The Morgan fingerprint density at radius 1 is 1.24 bits per heavy atom. The fraction of sp³-hybridized carbons (Fsp3) is 0.318. The number of halogens is 2. The molecule has 0 aliphatic heterocycles. The van der Waals surface area contributed by atoms with E-state index in [0.717, 1.165) is 41.7 Å². The number of nitrogens with one attached hydrogen (secondary N) is 2. The number of aromatic nitrogens is 4. The average molecular weight is 523 g/mol. The third-order valence-electron chi connectivity index (χ3n) is 5.52. The molecule has 3 aromatic rings. The van der Waals surface area contributed by atoms with Gasteiger partial charge in [0.05, 0.1) is 24.1 Å². The smallest absolute Gasteiger partial charge is 0.328 e. The number of urea groups is 1. The van der Waals surface area contributed by atoms with Crippen LogP contribution in [0.25, 0.3) is 5.57 Å². The number of carbonyl (C=O) groups excluding carboxylic acids is 1. The number of benzene rings is 1. The molecule has 0 atom stereocenters. The molecule has 0 spiro atoms. The van der Waals surface area contributed by atoms with Crippen molar-refractivity contribution in [2.75, 3.05) is 6.54 Å². The largest absolute Gasteiger partial charge is 0.334 e. The summed E-state index contributed by atoms with van der Waals surface area (Å²) in [5.41, 5.74) is 4.60. The SMILES string of the molecule is Cc1cc(S(=O)(=O)NC(=O)NCC=C2CCCc3cnn(Cc4ccc(Cl)cc4Cl)c32)n(C)n1. The molecule has 2 heterocycles. The molecule has 0 bridgehead atoms. The third kappa shape index (κ3) is 5.29. The zero-order chi connectivity index (χ0) is 24.5. The predicted molar refractivity (Wildman–Crippen MR) is 130 cm³/mol. The Morgan fingerprint density at radius 2 is 2.03 bits per heavy atom. The molecular weight excluding hydrogens is 499 g/mol. The van der Waals surface area contributed by atoms with Crippen LogP contribution in [0.1, 0.15) is 35.4 Å². The van der Waals surface area contributed by atoms with Crippen molar-refractivity contribution in [3.8, 4) is 0 Å². The lowest BCUT2D eigenvalue weighted by atomic mass is 9.92. The molecular formula is C22H24Cl2N6O3S. The summed E-state index contributed by atoms with van der Waals surface area (Å²) in [6.45, 7) is 2.32. The molecule has 4 rings (SSSR count). The number of fused-ring (bicyclic) bond motifs is 1. The highest BCUT2D eigenvalue weighted by Crippen LogP contribution is 2.31. The van der Waals surface area contributed by atoms with Crippen LogP contribution in [0.4, 0.5) is 4.79 Å². The first-order valence-electron chi connectivity index (χ1n) is 10.6. The topological polar surface area (TPSA) is 111 Å². The standard InChI is InChI=1S/C22H24Cl2N6O3S/c1-14-10-20(29(2)27-14)34(32,33)28-22(31)25-9-8-15-4-3-5-16-12-26-30(21(15)16)13-17-6-7-18(23)11-19(17)24/h6-8,10-12H,3-5,9,13H2,1-2H3,(H2,25,28,31). The van der Waals surface area contributed by atoms with Crippen LogP contribution in [0.5, 0.6) is 0 Å². The Morgan fingerprint density at radius 3 is 2.74 bits per heavy atom. The van der Waals surface area contributed by atoms with Crippen molar-refractivity contribution in [2.24, 2.45) is 7.05 Å². The number of aryl methyl sites for hydroxylation is 3. The fourth-order valence-electron chi connectivity index (χ4n) is 4.01. The number of amides is 2. The Hall–Kier alpha value is -2.82. The second-order valence-corrected chi connectivity index (χ2v) is 10.5. The van der Waals surface area contributed by atoms with Crippen molar-refractivity contribution < 1.29 is 13.2 Å². The molecule has 1 aromatic carbocycles. The summed E-state index contributed by atoms with van der Waals surface area (Å²) in [6, 6.07) is 5.96. The normalized spacial score (nSPS) is 14.8. The van der Waals surface area contributed by atoms with E-state index in [9.17, 15) is 13.2 Å². The summed E-state index contributed by atoms with van der Waals surface area (Å²) in [5.74, 6) is 0. The maximum atomic E-state index is 12.5. The van der Waals surface area contributed by atoms with Gasteiger partial charge >= 0.3 is 6.03 Å². The molecule has 9 nitrogen and oxygen atoms in total. The van der Waals surface area contributed by atoms with E-state index >= 15 is 0 Å². The zero-order valence-electron chi connectivity index (χ0n) is 18.7. The van der Waals surface area contributed by atoms with Crippen molar-refractivity contribution in [1.29, 1.82) is 0 Å². The Bertz CT molecular complexity index is 1380. The molecule has 0 saturated carbocycles. The molecule has 12 heteroatoms. The maximum absolute atomic E-state index is 12.5. The highest BCUT2D eigenvalue weighted by atomic mass is 35.5. The second-order valence-electron chi connectivity index (χ2n) is 8.06. The average Bonchev–Trinajstić information content (AvgIpc) is 3.33. The highest BCUT2D eigenvalue weighted by Gasteiger charge is 2.23. The lowest BCUT2D eigenvalue weighted by Crippen LogP contribution is -2.40. The molecule has 1 aliphatic rings. The van der Waals surface area contributed by atoms with Gasteiger partial charge in [0, 0.05) is 23.6 Å². The van der Waals surface area contributed by atoms with E-state index in [0.29, 0.717) is 22.3 Å². The van der Waals surface area contributed by atoms with Crippen LogP contribution < -0.4 is 10.0 Å². The molecule has 1 aliphatic carbocycles. The van der Waals surface area contributed by atoms with Gasteiger partial charge in [-0.05, 0) is 61.1 Å². The number of carbonyl (C=O) groups is 1. The summed E-state index contributed by atoms with van der Waals surface area (Å²) < 4.78 is 30.0. The number of hydrogen-bond acceptors (Lipinski definition) is 5. The quantitative estimate of drug-likeness (QED) is 0.512. The van der Waals surface area contributed by atoms with Gasteiger partial charge in [0.1, 0.15) is 0 Å². The van der Waals surface area contributed by atoms with Gasteiger partial charge in [-0.2, -0.15) is 18.6 Å². The predicted octanol–water partition coefficient (Wildman–Crippen LogP) is 3.69. The number of sulfonamides is 1. The van der Waals surface area contributed by atoms with Gasteiger partial charge < -0.3 is 5.32 Å². The highest BCUT2D eigenvalue weighted by molar-refractivity contribution is 7.90. The minimum absolute atomic E-state index is 0.0832. The van der Waals surface area contributed by atoms with Crippen molar-refractivity contribution in [3.05, 3.63) is 69.1 Å². The first-order chi connectivity index (χ1) is 16.1. The van der Waals surface area contributed by atoms with Gasteiger partial charge in [-0.1, -0.05) is 35.3 Å². The van der Waals surface area contributed by atoms with Gasteiger partial charge in [0.2, 0.25) is 0 Å². The number of nitrogens with zero attached hydrogens (tertiary/aromatic N) is 4. The molecule has 2 N–H and O–H groups in total. The van der Waals surface area contributed by atoms with E-state index < -0.39 is 16.1 Å². The van der Waals surface area contributed by atoms with Crippen molar-refractivity contribution in [1.82, 2.24) is 29.6 Å². The molecule has 0 saturated heterocycles. The first kappa shape index (κ1) is 24.3. The van der Waals surface area contributed by atoms with Gasteiger partial charge in [-0.15, -0.1) is 0 Å². The lowest BCUT2D eigenvalue weighted by Gasteiger charge is -2.18. The lowest BCUT2D eigenvalue weighted by molar-refractivity contribution is 0.247. The van der Waals surface area contributed by atoms with E-state index in [1.54, 1.807) is 19.1 Å². The van der Waals surface area contributed by atoms with Crippen LogP contribution >= 0.6 is 23.2 Å². The second kappa shape index (κ2) is 9.81. The summed E-state index contributed by atoms with van der Waals surface area (Å²) in [4.78, 5) is 12.3. The van der Waals surface area contributed by atoms with Crippen LogP contribution in [0.2, 0.25) is 10.0 Å². The molecule has 34 heavy (non-hydrogen) atoms. The van der Waals surface area contributed by atoms with Crippen LogP contribution in [0, 0.1) is 6.92 Å². The molecule has 180 valence electrons. The summed E-state index contributed by atoms with van der Waals surface area (Å²) in [6.07, 6.45) is 6.45. The van der Waals surface area contributed by atoms with Crippen LogP contribution in [0.15, 0.2) is 41.6 Å². The Labute approximate surface area is 207 Å². The van der Waals surface area contributed by atoms with E-state index in [2.05, 4.69) is 15.5 Å². The summed E-state index contributed by atoms with van der Waals surface area (Å²) in [5, 5.41) is 12.2. The van der Waals surface area contributed by atoms with Gasteiger partial charge in [0.15, 0.2) is 5.03 Å². The third-order valence-corrected chi connectivity index (χ3v) is 7.49. The van der Waals surface area contributed by atoms with Crippen molar-refractivity contribution in [3.63, 3.8) is 0 Å². The monoisotopic (exact) mass is 522 g/mol. The minimum atomic E-state index is -4.03. The van der Waals surface area contributed by atoms with Crippen LogP contribution in [-0.4, -0.2) is 40.6 Å². The zero-order valence-corrected chi connectivity index (χ0v) is 21.0. The number of allylic oxidation sites excluding steroid dienone is 1. The first-order valence-corrected chi connectivity index (χ1v) is 12.9. The van der Waals surface area contributed by atoms with Crippen molar-refractivity contribution >= 4 is 44.8 Å². The molecule has 0 fully saturated rings. The van der Waals surface area contributed by atoms with E-state index in [-0.39, 0.29) is 11.6 Å². The summed E-state index contributed by atoms with van der Waals surface area (Å²) >= 11 is 12.3. The molecule has 0 radical (unpaired) electrons. The molecule has 0 unspecified atom stereocenters. The van der Waals surface area contributed by atoms with Crippen LogP contribution in [0.3, 0.4) is 0 Å². The van der Waals surface area contributed by atoms with Gasteiger partial charge in [-0.3, -0.25) is 9.36 Å². The number of rotatable bonds is 6. The summed E-state index contributed by atoms with van der Waals surface area (Å²) in [7, 11) is -2.53. The maximum Gasteiger partial charge on any atom is 0.328 e. The van der Waals surface area contributed by atoms with E-state index in [4.69, 9.17) is 23.2 Å². The molecule has 2 amide bonds. The minimum Gasteiger partial charge on any atom is -0.334 e. The fourth-order valence-corrected chi connectivity index (χ4v) is 5.62. The Balaban J connectivity index is 1.45.